The highest BCUT2D eigenvalue weighted by atomic mass is 15.3. The van der Waals surface area contributed by atoms with Crippen LogP contribution in [0.5, 0.6) is 0 Å². The van der Waals surface area contributed by atoms with E-state index in [4.69, 9.17) is 0 Å². The van der Waals surface area contributed by atoms with Crippen LogP contribution < -0.4 is 10.2 Å². The summed E-state index contributed by atoms with van der Waals surface area (Å²) in [5.74, 6) is 1.67. The van der Waals surface area contributed by atoms with Gasteiger partial charge in [-0.1, -0.05) is 13.8 Å². The predicted molar refractivity (Wildman–Crippen MR) is 87.5 cm³/mol. The van der Waals surface area contributed by atoms with E-state index in [0.717, 1.165) is 37.7 Å². The molecule has 1 aromatic heterocycles. The van der Waals surface area contributed by atoms with Crippen molar-refractivity contribution in [2.75, 3.05) is 38.6 Å². The van der Waals surface area contributed by atoms with Gasteiger partial charge in [0, 0.05) is 25.7 Å². The Balaban J connectivity index is 1.89. The highest BCUT2D eigenvalue weighted by Crippen LogP contribution is 2.19. The van der Waals surface area contributed by atoms with E-state index in [1.165, 1.54) is 12.8 Å². The fourth-order valence-electron chi connectivity index (χ4n) is 2.69. The van der Waals surface area contributed by atoms with Gasteiger partial charge in [-0.05, 0) is 51.5 Å². The molecule has 1 N–H and O–H groups in total. The van der Waals surface area contributed by atoms with Gasteiger partial charge in [0.05, 0.1) is 5.69 Å². The Morgan fingerprint density at radius 3 is 2.76 bits per heavy atom. The topological polar surface area (TPSA) is 44.3 Å². The Labute approximate surface area is 128 Å². The first-order valence-electron chi connectivity index (χ1n) is 8.01. The van der Waals surface area contributed by atoms with Gasteiger partial charge in [-0.3, -0.25) is 0 Å². The molecule has 2 rings (SSSR count). The minimum Gasteiger partial charge on any atom is -0.354 e. The monoisotopic (exact) mass is 291 g/mol. The first-order valence-corrected chi connectivity index (χ1v) is 8.01. The second-order valence-corrected chi connectivity index (χ2v) is 6.61. The maximum Gasteiger partial charge on any atom is 0.151 e. The third kappa shape index (κ3) is 4.93. The Bertz CT molecular complexity index is 415. The molecule has 0 radical (unpaired) electrons. The maximum atomic E-state index is 4.41. The molecule has 5 nitrogen and oxygen atoms in total. The van der Waals surface area contributed by atoms with Gasteiger partial charge >= 0.3 is 0 Å². The number of likely N-dealkylation sites (N-methyl/N-ethyl adjacent to an activating group) is 1. The average Bonchev–Trinajstić information content (AvgIpc) is 2.48. The fourth-order valence-corrected chi connectivity index (χ4v) is 2.69. The molecule has 21 heavy (non-hydrogen) atoms. The van der Waals surface area contributed by atoms with Crippen LogP contribution in [0.25, 0.3) is 0 Å². The van der Waals surface area contributed by atoms with E-state index in [1.54, 1.807) is 0 Å². The summed E-state index contributed by atoms with van der Waals surface area (Å²) >= 11 is 0. The summed E-state index contributed by atoms with van der Waals surface area (Å²) in [7, 11) is 4.31. The molecule has 0 aromatic carbocycles. The van der Waals surface area contributed by atoms with Crippen LogP contribution >= 0.6 is 0 Å². The van der Waals surface area contributed by atoms with Crippen molar-refractivity contribution in [3.63, 3.8) is 0 Å². The van der Waals surface area contributed by atoms with Gasteiger partial charge in [0.25, 0.3) is 0 Å². The number of anilines is 1. The molecular weight excluding hydrogens is 262 g/mol. The lowest BCUT2D eigenvalue weighted by atomic mass is 10.1. The van der Waals surface area contributed by atoms with E-state index in [9.17, 15) is 0 Å². The Kier molecular flexibility index (Phi) is 5.94. The molecule has 1 atom stereocenters. The second kappa shape index (κ2) is 7.71. The highest BCUT2D eigenvalue weighted by Gasteiger charge is 2.22. The molecule has 0 spiro atoms. The van der Waals surface area contributed by atoms with Crippen molar-refractivity contribution in [1.82, 2.24) is 20.4 Å². The molecule has 1 unspecified atom stereocenters. The molecular formula is C16H29N5. The molecule has 1 fully saturated rings. The van der Waals surface area contributed by atoms with Crippen LogP contribution in [-0.2, 0) is 6.54 Å². The van der Waals surface area contributed by atoms with Gasteiger partial charge in [0.1, 0.15) is 0 Å². The van der Waals surface area contributed by atoms with Gasteiger partial charge in [-0.15, -0.1) is 5.10 Å². The summed E-state index contributed by atoms with van der Waals surface area (Å²) in [6, 6.07) is 4.82. The minimum absolute atomic E-state index is 0.618. The number of hydrogen-bond donors (Lipinski definition) is 1. The van der Waals surface area contributed by atoms with E-state index in [-0.39, 0.29) is 0 Å². The molecule has 5 heteroatoms. The molecule has 0 bridgehead atoms. The Morgan fingerprint density at radius 1 is 1.33 bits per heavy atom. The lowest BCUT2D eigenvalue weighted by Gasteiger charge is -2.36. The lowest BCUT2D eigenvalue weighted by Crippen LogP contribution is -2.45. The zero-order valence-corrected chi connectivity index (χ0v) is 13.8. The number of rotatable bonds is 6. The summed E-state index contributed by atoms with van der Waals surface area (Å²) in [4.78, 5) is 4.66. The van der Waals surface area contributed by atoms with Gasteiger partial charge in [0.2, 0.25) is 0 Å². The van der Waals surface area contributed by atoms with Crippen molar-refractivity contribution < 1.29 is 0 Å². The zero-order chi connectivity index (χ0) is 15.2. The van der Waals surface area contributed by atoms with E-state index in [2.05, 4.69) is 65.4 Å². The molecule has 1 aliphatic rings. The first kappa shape index (κ1) is 16.2. The second-order valence-electron chi connectivity index (χ2n) is 6.61. The third-order valence-corrected chi connectivity index (χ3v) is 4.02. The number of nitrogens with one attached hydrogen (secondary N) is 1. The normalized spacial score (nSPS) is 19.5. The third-order valence-electron chi connectivity index (χ3n) is 4.02. The number of piperidine rings is 1. The van der Waals surface area contributed by atoms with E-state index < -0.39 is 0 Å². The highest BCUT2D eigenvalue weighted by molar-refractivity contribution is 5.38. The molecule has 0 saturated carbocycles. The van der Waals surface area contributed by atoms with Gasteiger partial charge in [-0.2, -0.15) is 5.10 Å². The van der Waals surface area contributed by atoms with E-state index >= 15 is 0 Å². The van der Waals surface area contributed by atoms with Crippen molar-refractivity contribution in [2.45, 2.75) is 39.3 Å². The van der Waals surface area contributed by atoms with Crippen LogP contribution in [0.15, 0.2) is 12.1 Å². The molecule has 1 saturated heterocycles. The first-order chi connectivity index (χ1) is 10.1. The molecule has 118 valence electrons. The summed E-state index contributed by atoms with van der Waals surface area (Å²) < 4.78 is 0. The largest absolute Gasteiger partial charge is 0.354 e. The minimum atomic E-state index is 0.618. The summed E-state index contributed by atoms with van der Waals surface area (Å²) in [5.41, 5.74) is 1.01. The van der Waals surface area contributed by atoms with Crippen molar-refractivity contribution in [1.29, 1.82) is 0 Å². The van der Waals surface area contributed by atoms with Crippen LogP contribution in [0.3, 0.4) is 0 Å². The fraction of sp³-hybridized carbons (Fsp3) is 0.750. The standard InChI is InChI=1S/C16H29N5/c1-13(2)10-17-11-14-7-8-16(19-18-14)21-9-5-6-15(12-21)20(3)4/h7-8,13,15,17H,5-6,9-12H2,1-4H3. The van der Waals surface area contributed by atoms with Crippen LogP contribution in [0.4, 0.5) is 5.82 Å². The number of nitrogens with zero attached hydrogens (tertiary/aromatic N) is 4. The van der Waals surface area contributed by atoms with E-state index in [1.807, 2.05) is 0 Å². The van der Waals surface area contributed by atoms with Crippen LogP contribution in [0, 0.1) is 5.92 Å². The van der Waals surface area contributed by atoms with Crippen molar-refractivity contribution in [3.05, 3.63) is 17.8 Å². The van der Waals surface area contributed by atoms with Crippen LogP contribution in [0.1, 0.15) is 32.4 Å². The molecule has 1 aromatic rings. The van der Waals surface area contributed by atoms with Crippen molar-refractivity contribution in [3.8, 4) is 0 Å². The quantitative estimate of drug-likeness (QED) is 0.865. The summed E-state index contributed by atoms with van der Waals surface area (Å²) in [5, 5.41) is 12.2. The predicted octanol–water partition coefficient (Wildman–Crippen LogP) is 1.75. The summed E-state index contributed by atoms with van der Waals surface area (Å²) in [6.07, 6.45) is 2.50. The zero-order valence-electron chi connectivity index (χ0n) is 13.8. The average molecular weight is 291 g/mol. The van der Waals surface area contributed by atoms with Crippen LogP contribution in [-0.4, -0.2) is 54.9 Å². The van der Waals surface area contributed by atoms with Crippen molar-refractivity contribution >= 4 is 5.82 Å². The molecule has 2 heterocycles. The van der Waals surface area contributed by atoms with Crippen LogP contribution in [0.2, 0.25) is 0 Å². The smallest absolute Gasteiger partial charge is 0.151 e. The van der Waals surface area contributed by atoms with Gasteiger partial charge in [-0.25, -0.2) is 0 Å². The van der Waals surface area contributed by atoms with E-state index in [0.29, 0.717) is 12.0 Å². The summed E-state index contributed by atoms with van der Waals surface area (Å²) in [6.45, 7) is 8.36. The number of hydrogen-bond acceptors (Lipinski definition) is 5. The van der Waals surface area contributed by atoms with Crippen molar-refractivity contribution in [2.24, 2.45) is 5.92 Å². The molecule has 1 aliphatic heterocycles. The SMILES string of the molecule is CC(C)CNCc1ccc(N2CCCC(N(C)C)C2)nn1. The van der Waals surface area contributed by atoms with Gasteiger partial charge < -0.3 is 15.1 Å². The number of aromatic nitrogens is 2. The van der Waals surface area contributed by atoms with Gasteiger partial charge in [0.15, 0.2) is 5.82 Å². The molecule has 0 amide bonds. The Morgan fingerprint density at radius 2 is 2.14 bits per heavy atom. The lowest BCUT2D eigenvalue weighted by molar-refractivity contribution is 0.257. The maximum absolute atomic E-state index is 4.41. The Hall–Kier alpha value is -1.20. The molecule has 0 aliphatic carbocycles.